The summed E-state index contributed by atoms with van der Waals surface area (Å²) >= 11 is 0. The van der Waals surface area contributed by atoms with Crippen LogP contribution in [0.1, 0.15) is 40.0 Å². The smallest absolute Gasteiger partial charge is 0.155 e. The van der Waals surface area contributed by atoms with E-state index >= 15 is 0 Å². The van der Waals surface area contributed by atoms with Crippen LogP contribution >= 0.6 is 0 Å². The molecule has 0 aliphatic heterocycles. The highest BCUT2D eigenvalue weighted by atomic mass is 16.1. The Kier molecular flexibility index (Phi) is 5.81. The predicted molar refractivity (Wildman–Crippen MR) is 48.5 cm³/mol. The summed E-state index contributed by atoms with van der Waals surface area (Å²) in [6.07, 6.45) is 6.63. The highest BCUT2D eigenvalue weighted by Crippen LogP contribution is 2.08. The zero-order chi connectivity index (χ0) is 8.69. The predicted octanol–water partition coefficient (Wildman–Crippen LogP) is 2.96. The van der Waals surface area contributed by atoms with Crippen molar-refractivity contribution in [1.82, 2.24) is 0 Å². The van der Waals surface area contributed by atoms with Crippen LogP contribution in [0.15, 0.2) is 12.2 Å². The number of ketones is 1. The second kappa shape index (κ2) is 6.14. The zero-order valence-electron chi connectivity index (χ0n) is 7.76. The molecule has 64 valence electrons. The van der Waals surface area contributed by atoms with Crippen molar-refractivity contribution in [2.24, 2.45) is 5.92 Å². The lowest BCUT2D eigenvalue weighted by Gasteiger charge is -2.03. The molecule has 0 spiro atoms. The van der Waals surface area contributed by atoms with E-state index < -0.39 is 0 Å². The lowest BCUT2D eigenvalue weighted by Crippen LogP contribution is -1.94. The number of carbonyl (C=O) groups excluding carboxylic acids is 1. The standard InChI is InChI=1S/C10H18O/c1-4-9(5-2)7-8-10(11)6-3/h7-9H,4-6H2,1-3H3/b8-7-. The summed E-state index contributed by atoms with van der Waals surface area (Å²) in [5.74, 6) is 0.822. The molecule has 11 heavy (non-hydrogen) atoms. The molecular weight excluding hydrogens is 136 g/mol. The van der Waals surface area contributed by atoms with Crippen LogP contribution in [0.3, 0.4) is 0 Å². The van der Waals surface area contributed by atoms with Gasteiger partial charge in [-0.05, 0) is 24.8 Å². The minimum absolute atomic E-state index is 0.233. The molecule has 0 N–H and O–H groups in total. The molecule has 0 aliphatic rings. The number of hydrogen-bond donors (Lipinski definition) is 0. The van der Waals surface area contributed by atoms with E-state index in [0.29, 0.717) is 12.3 Å². The Balaban J connectivity index is 3.78. The van der Waals surface area contributed by atoms with E-state index in [-0.39, 0.29) is 5.78 Å². The molecule has 0 saturated carbocycles. The molecule has 0 aromatic carbocycles. The molecule has 0 heterocycles. The highest BCUT2D eigenvalue weighted by Gasteiger charge is 1.97. The summed E-state index contributed by atoms with van der Waals surface area (Å²) in [7, 11) is 0. The average Bonchev–Trinajstić information content (AvgIpc) is 2.06. The molecule has 0 amide bonds. The monoisotopic (exact) mass is 154 g/mol. The molecule has 0 aromatic rings. The van der Waals surface area contributed by atoms with Crippen molar-refractivity contribution < 1.29 is 4.79 Å². The van der Waals surface area contributed by atoms with E-state index in [0.717, 1.165) is 12.8 Å². The quantitative estimate of drug-likeness (QED) is 0.556. The van der Waals surface area contributed by atoms with Gasteiger partial charge in [0.1, 0.15) is 0 Å². The van der Waals surface area contributed by atoms with Gasteiger partial charge >= 0.3 is 0 Å². The topological polar surface area (TPSA) is 17.1 Å². The lowest BCUT2D eigenvalue weighted by atomic mass is 10.0. The van der Waals surface area contributed by atoms with E-state index in [2.05, 4.69) is 13.8 Å². The maximum absolute atomic E-state index is 10.9. The normalized spacial score (nSPS) is 11.3. The summed E-state index contributed by atoms with van der Waals surface area (Å²) in [5, 5.41) is 0. The van der Waals surface area contributed by atoms with Gasteiger partial charge in [0.15, 0.2) is 5.78 Å². The molecule has 0 fully saturated rings. The van der Waals surface area contributed by atoms with Gasteiger partial charge in [-0.1, -0.05) is 26.8 Å². The van der Waals surface area contributed by atoms with E-state index in [1.807, 2.05) is 13.0 Å². The van der Waals surface area contributed by atoms with E-state index in [4.69, 9.17) is 0 Å². The van der Waals surface area contributed by atoms with E-state index in [9.17, 15) is 4.79 Å². The Labute approximate surface area is 69.5 Å². The van der Waals surface area contributed by atoms with Crippen LogP contribution in [-0.2, 0) is 4.79 Å². The van der Waals surface area contributed by atoms with Crippen molar-refractivity contribution in [3.8, 4) is 0 Å². The third-order valence-electron chi connectivity index (χ3n) is 1.95. The second-order valence-corrected chi connectivity index (χ2v) is 2.76. The van der Waals surface area contributed by atoms with Gasteiger partial charge in [-0.25, -0.2) is 0 Å². The van der Waals surface area contributed by atoms with Crippen LogP contribution in [-0.4, -0.2) is 5.78 Å². The lowest BCUT2D eigenvalue weighted by molar-refractivity contribution is -0.114. The maximum atomic E-state index is 10.9. The summed E-state index contributed by atoms with van der Waals surface area (Å²) in [4.78, 5) is 10.9. The van der Waals surface area contributed by atoms with Gasteiger partial charge in [0.05, 0.1) is 0 Å². The summed E-state index contributed by atoms with van der Waals surface area (Å²) < 4.78 is 0. The van der Waals surface area contributed by atoms with Crippen LogP contribution < -0.4 is 0 Å². The molecule has 0 radical (unpaired) electrons. The first kappa shape index (κ1) is 10.4. The Bertz CT molecular complexity index is 132. The first-order chi connectivity index (χ1) is 5.24. The largest absolute Gasteiger partial charge is 0.295 e. The molecule has 0 unspecified atom stereocenters. The third kappa shape index (κ3) is 4.77. The molecule has 0 rings (SSSR count). The molecule has 0 bridgehead atoms. The Morgan fingerprint density at radius 3 is 2.18 bits per heavy atom. The average molecular weight is 154 g/mol. The van der Waals surface area contributed by atoms with Gasteiger partial charge < -0.3 is 0 Å². The molecule has 0 saturated heterocycles. The van der Waals surface area contributed by atoms with Gasteiger partial charge in [-0.15, -0.1) is 0 Å². The summed E-state index contributed by atoms with van der Waals surface area (Å²) in [5.41, 5.74) is 0. The number of hydrogen-bond acceptors (Lipinski definition) is 1. The van der Waals surface area contributed by atoms with Gasteiger partial charge in [0, 0.05) is 6.42 Å². The van der Waals surface area contributed by atoms with Crippen molar-refractivity contribution in [3.63, 3.8) is 0 Å². The van der Waals surface area contributed by atoms with E-state index in [1.165, 1.54) is 0 Å². The van der Waals surface area contributed by atoms with Crippen molar-refractivity contribution in [2.75, 3.05) is 0 Å². The van der Waals surface area contributed by atoms with Crippen molar-refractivity contribution in [1.29, 1.82) is 0 Å². The van der Waals surface area contributed by atoms with Crippen molar-refractivity contribution in [2.45, 2.75) is 40.0 Å². The minimum Gasteiger partial charge on any atom is -0.295 e. The van der Waals surface area contributed by atoms with Gasteiger partial charge in [-0.3, -0.25) is 4.79 Å². The fraction of sp³-hybridized carbons (Fsp3) is 0.700. The maximum Gasteiger partial charge on any atom is 0.155 e. The Hall–Kier alpha value is -0.590. The molecule has 0 aromatic heterocycles. The molecule has 0 atom stereocenters. The Morgan fingerprint density at radius 1 is 1.27 bits per heavy atom. The van der Waals surface area contributed by atoms with Crippen LogP contribution in [0.2, 0.25) is 0 Å². The van der Waals surface area contributed by atoms with Gasteiger partial charge in [0.2, 0.25) is 0 Å². The van der Waals surface area contributed by atoms with Crippen LogP contribution in [0.25, 0.3) is 0 Å². The van der Waals surface area contributed by atoms with Crippen molar-refractivity contribution >= 4 is 5.78 Å². The number of carbonyl (C=O) groups is 1. The molecule has 0 aliphatic carbocycles. The van der Waals surface area contributed by atoms with Crippen LogP contribution in [0.4, 0.5) is 0 Å². The van der Waals surface area contributed by atoms with Crippen molar-refractivity contribution in [3.05, 3.63) is 12.2 Å². The van der Waals surface area contributed by atoms with Crippen LogP contribution in [0, 0.1) is 5.92 Å². The van der Waals surface area contributed by atoms with Gasteiger partial charge in [0.25, 0.3) is 0 Å². The van der Waals surface area contributed by atoms with E-state index in [1.54, 1.807) is 6.08 Å². The summed E-state index contributed by atoms with van der Waals surface area (Å²) in [6.45, 7) is 6.18. The highest BCUT2D eigenvalue weighted by molar-refractivity contribution is 5.89. The molecular formula is C10H18O. The fourth-order valence-electron chi connectivity index (χ4n) is 0.922. The minimum atomic E-state index is 0.233. The molecule has 1 nitrogen and oxygen atoms in total. The second-order valence-electron chi connectivity index (χ2n) is 2.76. The number of rotatable bonds is 5. The fourth-order valence-corrected chi connectivity index (χ4v) is 0.922. The van der Waals surface area contributed by atoms with Gasteiger partial charge in [-0.2, -0.15) is 0 Å². The third-order valence-corrected chi connectivity index (χ3v) is 1.95. The SMILES string of the molecule is CCC(=O)/C=C\C(CC)CC. The first-order valence-corrected chi connectivity index (χ1v) is 4.45. The van der Waals surface area contributed by atoms with Crippen LogP contribution in [0.5, 0.6) is 0 Å². The number of allylic oxidation sites excluding steroid dienone is 2. The Morgan fingerprint density at radius 2 is 1.82 bits per heavy atom. The zero-order valence-corrected chi connectivity index (χ0v) is 7.76. The first-order valence-electron chi connectivity index (χ1n) is 4.45. The molecule has 1 heteroatoms. The summed E-state index contributed by atoms with van der Waals surface area (Å²) in [6, 6.07) is 0.